The van der Waals surface area contributed by atoms with Crippen molar-refractivity contribution in [1.29, 1.82) is 0 Å². The zero-order chi connectivity index (χ0) is 14.4. The molecule has 0 saturated carbocycles. The Morgan fingerprint density at radius 3 is 2.67 bits per heavy atom. The molecule has 0 fully saturated rings. The smallest absolute Gasteiger partial charge is 0.0995 e. The van der Waals surface area contributed by atoms with Gasteiger partial charge in [-0.1, -0.05) is 35.9 Å². The summed E-state index contributed by atoms with van der Waals surface area (Å²) < 4.78 is 2.14. The minimum Gasteiger partial charge on any atom is -0.332 e. The van der Waals surface area contributed by atoms with Crippen molar-refractivity contribution in [3.63, 3.8) is 0 Å². The number of fused-ring (bicyclic) bond motifs is 3. The van der Waals surface area contributed by atoms with Gasteiger partial charge in [-0.25, -0.2) is 4.98 Å². The molecule has 0 saturated heterocycles. The van der Waals surface area contributed by atoms with E-state index in [-0.39, 0.29) is 0 Å². The highest BCUT2D eigenvalue weighted by molar-refractivity contribution is 6.33. The normalized spacial score (nSPS) is 13.0. The Balaban J connectivity index is 1.97. The third-order valence-electron chi connectivity index (χ3n) is 3.93. The summed E-state index contributed by atoms with van der Waals surface area (Å²) in [6, 6.07) is 14.4. The summed E-state index contributed by atoms with van der Waals surface area (Å²) in [6.07, 6.45) is 3.78. The van der Waals surface area contributed by atoms with E-state index in [2.05, 4.69) is 45.6 Å². The molecule has 0 unspecified atom stereocenters. The number of rotatable bonds is 1. The Morgan fingerprint density at radius 1 is 1.05 bits per heavy atom. The molecule has 2 aromatic carbocycles. The molecule has 21 heavy (non-hydrogen) atoms. The highest BCUT2D eigenvalue weighted by Crippen LogP contribution is 2.41. The molecule has 4 rings (SSSR count). The van der Waals surface area contributed by atoms with Crippen LogP contribution in [0.5, 0.6) is 0 Å². The van der Waals surface area contributed by atoms with E-state index in [4.69, 9.17) is 11.6 Å². The summed E-state index contributed by atoms with van der Waals surface area (Å²) >= 11 is 6.47. The van der Waals surface area contributed by atoms with Crippen molar-refractivity contribution >= 4 is 23.0 Å². The molecule has 1 aliphatic rings. The lowest BCUT2D eigenvalue weighted by Gasteiger charge is -2.33. The van der Waals surface area contributed by atoms with Gasteiger partial charge in [-0.3, -0.25) is 4.57 Å². The lowest BCUT2D eigenvalue weighted by atomic mass is 10.1. The Bertz CT molecular complexity index is 802. The molecule has 4 heteroatoms. The van der Waals surface area contributed by atoms with E-state index in [1.54, 1.807) is 0 Å². The molecule has 104 valence electrons. The van der Waals surface area contributed by atoms with Gasteiger partial charge in [-0.15, -0.1) is 0 Å². The Labute approximate surface area is 128 Å². The summed E-state index contributed by atoms with van der Waals surface area (Å²) in [7, 11) is 0. The van der Waals surface area contributed by atoms with Gasteiger partial charge in [-0.05, 0) is 30.7 Å². The van der Waals surface area contributed by atoms with Gasteiger partial charge in [0.05, 0.1) is 46.8 Å². The molecule has 1 aromatic heterocycles. The van der Waals surface area contributed by atoms with E-state index in [9.17, 15) is 0 Å². The predicted octanol–water partition coefficient (Wildman–Crippen LogP) is 4.49. The fourth-order valence-electron chi connectivity index (χ4n) is 2.96. The van der Waals surface area contributed by atoms with Gasteiger partial charge < -0.3 is 4.90 Å². The molecular weight excluding hydrogens is 282 g/mol. The van der Waals surface area contributed by atoms with Crippen molar-refractivity contribution in [3.8, 4) is 5.69 Å². The van der Waals surface area contributed by atoms with Gasteiger partial charge in [0, 0.05) is 0 Å². The van der Waals surface area contributed by atoms with Crippen molar-refractivity contribution in [2.75, 3.05) is 4.90 Å². The maximum absolute atomic E-state index is 6.47. The Kier molecular flexibility index (Phi) is 2.76. The van der Waals surface area contributed by atoms with E-state index < -0.39 is 0 Å². The van der Waals surface area contributed by atoms with Crippen LogP contribution in [0.25, 0.3) is 5.69 Å². The number of nitrogens with zero attached hydrogens (tertiary/aromatic N) is 3. The molecule has 0 aliphatic carbocycles. The molecule has 3 aromatic rings. The lowest BCUT2D eigenvalue weighted by Crippen LogP contribution is -2.25. The van der Waals surface area contributed by atoms with Crippen LogP contribution in [0.4, 0.5) is 11.4 Å². The molecule has 0 N–H and O–H groups in total. The van der Waals surface area contributed by atoms with Crippen LogP contribution >= 0.6 is 11.6 Å². The first-order chi connectivity index (χ1) is 10.3. The number of imidazole rings is 1. The second-order valence-electron chi connectivity index (χ2n) is 5.24. The quantitative estimate of drug-likeness (QED) is 0.660. The van der Waals surface area contributed by atoms with Gasteiger partial charge in [0.15, 0.2) is 0 Å². The van der Waals surface area contributed by atoms with Crippen LogP contribution in [0.1, 0.15) is 11.3 Å². The largest absolute Gasteiger partial charge is 0.332 e. The average molecular weight is 296 g/mol. The highest BCUT2D eigenvalue weighted by atomic mass is 35.5. The molecule has 3 nitrogen and oxygen atoms in total. The third-order valence-corrected chi connectivity index (χ3v) is 4.23. The molecule has 0 amide bonds. The van der Waals surface area contributed by atoms with E-state index in [1.165, 1.54) is 5.56 Å². The van der Waals surface area contributed by atoms with Gasteiger partial charge in [0.1, 0.15) is 0 Å². The predicted molar refractivity (Wildman–Crippen MR) is 85.6 cm³/mol. The van der Waals surface area contributed by atoms with Crippen molar-refractivity contribution in [2.45, 2.75) is 13.5 Å². The molecule has 2 heterocycles. The van der Waals surface area contributed by atoms with Crippen molar-refractivity contribution in [3.05, 3.63) is 71.3 Å². The molecule has 0 radical (unpaired) electrons. The maximum atomic E-state index is 6.47. The fourth-order valence-corrected chi connectivity index (χ4v) is 3.29. The minimum atomic E-state index is 0.765. The second-order valence-corrected chi connectivity index (χ2v) is 5.64. The minimum absolute atomic E-state index is 0.765. The summed E-state index contributed by atoms with van der Waals surface area (Å²) in [5.74, 6) is 0. The number of anilines is 2. The highest BCUT2D eigenvalue weighted by Gasteiger charge is 2.24. The molecule has 0 spiro atoms. The first kappa shape index (κ1) is 12.5. The van der Waals surface area contributed by atoms with E-state index in [1.807, 2.05) is 30.7 Å². The monoisotopic (exact) mass is 295 g/mol. The number of hydrogen-bond acceptors (Lipinski definition) is 2. The topological polar surface area (TPSA) is 21.1 Å². The van der Waals surface area contributed by atoms with Crippen molar-refractivity contribution in [1.82, 2.24) is 9.55 Å². The van der Waals surface area contributed by atoms with Crippen LogP contribution in [0.3, 0.4) is 0 Å². The lowest BCUT2D eigenvalue weighted by molar-refractivity contribution is 0.829. The molecular formula is C17H14ClN3. The second kappa shape index (κ2) is 4.64. The average Bonchev–Trinajstić information content (AvgIpc) is 2.95. The summed E-state index contributed by atoms with van der Waals surface area (Å²) in [5, 5.41) is 0.776. The third kappa shape index (κ3) is 1.85. The number of hydrogen-bond donors (Lipinski definition) is 0. The first-order valence-corrected chi connectivity index (χ1v) is 7.27. The SMILES string of the molecule is Cc1cccc(Cl)c1N1Cc2cncn2-c2ccccc21. The molecule has 0 atom stereocenters. The number of halogens is 1. The summed E-state index contributed by atoms with van der Waals surface area (Å²) in [4.78, 5) is 6.55. The zero-order valence-corrected chi connectivity index (χ0v) is 12.4. The van der Waals surface area contributed by atoms with Crippen LogP contribution < -0.4 is 4.90 Å². The standard InChI is InChI=1S/C17H14ClN3/c1-12-5-4-6-14(18)17(12)20-10-13-9-19-11-21(13)16-8-3-2-7-15(16)20/h2-9,11H,10H2,1H3. The van der Waals surface area contributed by atoms with E-state index >= 15 is 0 Å². The van der Waals surface area contributed by atoms with Crippen molar-refractivity contribution < 1.29 is 0 Å². The van der Waals surface area contributed by atoms with Crippen LogP contribution in [0, 0.1) is 6.92 Å². The Hall–Kier alpha value is -2.26. The first-order valence-electron chi connectivity index (χ1n) is 6.89. The van der Waals surface area contributed by atoms with E-state index in [0.29, 0.717) is 0 Å². The van der Waals surface area contributed by atoms with Gasteiger partial charge in [0.25, 0.3) is 0 Å². The fraction of sp³-hybridized carbons (Fsp3) is 0.118. The number of aromatic nitrogens is 2. The van der Waals surface area contributed by atoms with Crippen LogP contribution in [0.2, 0.25) is 5.02 Å². The number of para-hydroxylation sites is 3. The summed E-state index contributed by atoms with van der Waals surface area (Å²) in [5.41, 5.74) is 5.69. The Morgan fingerprint density at radius 2 is 1.86 bits per heavy atom. The zero-order valence-electron chi connectivity index (χ0n) is 11.6. The molecule has 0 bridgehead atoms. The van der Waals surface area contributed by atoms with Crippen molar-refractivity contribution in [2.24, 2.45) is 0 Å². The van der Waals surface area contributed by atoms with E-state index in [0.717, 1.165) is 34.3 Å². The van der Waals surface area contributed by atoms with Crippen LogP contribution in [-0.4, -0.2) is 9.55 Å². The molecule has 1 aliphatic heterocycles. The van der Waals surface area contributed by atoms with Crippen LogP contribution in [-0.2, 0) is 6.54 Å². The van der Waals surface area contributed by atoms with Crippen LogP contribution in [0.15, 0.2) is 55.0 Å². The maximum Gasteiger partial charge on any atom is 0.0995 e. The van der Waals surface area contributed by atoms with Gasteiger partial charge in [-0.2, -0.15) is 0 Å². The summed E-state index contributed by atoms with van der Waals surface area (Å²) in [6.45, 7) is 2.86. The van der Waals surface area contributed by atoms with Gasteiger partial charge in [0.2, 0.25) is 0 Å². The van der Waals surface area contributed by atoms with Gasteiger partial charge >= 0.3 is 0 Å². The number of aryl methyl sites for hydroxylation is 1. The number of benzene rings is 2.